The normalized spacial score (nSPS) is 20.5. The fourth-order valence-electron chi connectivity index (χ4n) is 1.62. The number of anilines is 1. The molecular weight excluding hydrogens is 197 g/mol. The number of pyridine rings is 1. The smallest absolute Gasteiger partial charge is 0.236 e. The van der Waals surface area contributed by atoms with Gasteiger partial charge in [-0.25, -0.2) is 4.98 Å². The van der Waals surface area contributed by atoms with Crippen LogP contribution in [0.15, 0.2) is 12.3 Å². The van der Waals surface area contributed by atoms with Gasteiger partial charge in [0, 0.05) is 12.1 Å². The van der Waals surface area contributed by atoms with Gasteiger partial charge in [-0.05, 0) is 19.4 Å². The standard InChI is InChI=1S/C10H14FN3O/c11-10-9(12)4-8(5-14-10)15-6-7-2-1-3-13-7/h4-5,7,13H,1-3,6,12H2/t7-/m0/s1. The Kier molecular flexibility index (Phi) is 3.01. The maximum Gasteiger partial charge on any atom is 0.236 e. The van der Waals surface area contributed by atoms with Crippen LogP contribution in [0.4, 0.5) is 10.1 Å². The molecule has 0 unspecified atom stereocenters. The Morgan fingerprint density at radius 1 is 1.67 bits per heavy atom. The van der Waals surface area contributed by atoms with Gasteiger partial charge in [0.15, 0.2) is 0 Å². The Morgan fingerprint density at radius 2 is 2.53 bits per heavy atom. The predicted octanol–water partition coefficient (Wildman–Crippen LogP) is 0.934. The molecule has 2 heterocycles. The number of ether oxygens (including phenoxy) is 1. The van der Waals surface area contributed by atoms with E-state index in [2.05, 4.69) is 10.3 Å². The lowest BCUT2D eigenvalue weighted by molar-refractivity contribution is 0.276. The van der Waals surface area contributed by atoms with E-state index in [9.17, 15) is 4.39 Å². The van der Waals surface area contributed by atoms with Gasteiger partial charge in [0.05, 0.1) is 11.9 Å². The summed E-state index contributed by atoms with van der Waals surface area (Å²) >= 11 is 0. The molecule has 1 aromatic heterocycles. The summed E-state index contributed by atoms with van der Waals surface area (Å²) in [6, 6.07) is 1.84. The lowest BCUT2D eigenvalue weighted by Gasteiger charge is -2.11. The highest BCUT2D eigenvalue weighted by Crippen LogP contribution is 2.16. The van der Waals surface area contributed by atoms with E-state index in [1.807, 2.05) is 0 Å². The molecule has 1 atom stereocenters. The van der Waals surface area contributed by atoms with Gasteiger partial charge in [-0.15, -0.1) is 0 Å². The SMILES string of the molecule is Nc1cc(OC[C@@H]2CCCN2)cnc1F. The van der Waals surface area contributed by atoms with E-state index in [4.69, 9.17) is 10.5 Å². The van der Waals surface area contributed by atoms with Crippen LogP contribution in [0, 0.1) is 5.95 Å². The predicted molar refractivity (Wildman–Crippen MR) is 55.1 cm³/mol. The highest BCUT2D eigenvalue weighted by Gasteiger charge is 2.14. The molecule has 5 heteroatoms. The summed E-state index contributed by atoms with van der Waals surface area (Å²) in [7, 11) is 0. The van der Waals surface area contributed by atoms with Gasteiger partial charge in [-0.1, -0.05) is 0 Å². The van der Waals surface area contributed by atoms with Crippen LogP contribution in [0.2, 0.25) is 0 Å². The number of nitrogens with one attached hydrogen (secondary N) is 1. The fraction of sp³-hybridized carbons (Fsp3) is 0.500. The van der Waals surface area contributed by atoms with Crippen LogP contribution in [0.1, 0.15) is 12.8 Å². The van der Waals surface area contributed by atoms with E-state index in [-0.39, 0.29) is 5.69 Å². The first kappa shape index (κ1) is 10.2. The number of nitrogens with zero attached hydrogens (tertiary/aromatic N) is 1. The van der Waals surface area contributed by atoms with Crippen LogP contribution in [-0.4, -0.2) is 24.2 Å². The summed E-state index contributed by atoms with van der Waals surface area (Å²) in [4.78, 5) is 3.49. The van der Waals surface area contributed by atoms with Crippen LogP contribution < -0.4 is 15.8 Å². The molecule has 1 aliphatic rings. The van der Waals surface area contributed by atoms with Crippen LogP contribution in [-0.2, 0) is 0 Å². The van der Waals surface area contributed by atoms with Crippen molar-refractivity contribution in [2.75, 3.05) is 18.9 Å². The number of hydrogen-bond acceptors (Lipinski definition) is 4. The average molecular weight is 211 g/mol. The topological polar surface area (TPSA) is 60.2 Å². The summed E-state index contributed by atoms with van der Waals surface area (Å²) in [6.07, 6.45) is 3.64. The number of rotatable bonds is 3. The summed E-state index contributed by atoms with van der Waals surface area (Å²) in [5, 5.41) is 3.30. The van der Waals surface area contributed by atoms with Crippen molar-refractivity contribution in [3.8, 4) is 5.75 Å². The Labute approximate surface area is 87.6 Å². The third kappa shape index (κ3) is 2.56. The van der Waals surface area contributed by atoms with E-state index in [0.29, 0.717) is 18.4 Å². The molecule has 82 valence electrons. The Hall–Kier alpha value is -1.36. The second kappa shape index (κ2) is 4.44. The van der Waals surface area contributed by atoms with Crippen molar-refractivity contribution in [1.82, 2.24) is 10.3 Å². The molecule has 1 fully saturated rings. The molecule has 2 rings (SSSR count). The van der Waals surface area contributed by atoms with Gasteiger partial charge in [0.1, 0.15) is 12.4 Å². The number of halogens is 1. The van der Waals surface area contributed by atoms with Gasteiger partial charge in [-0.2, -0.15) is 4.39 Å². The van der Waals surface area contributed by atoms with E-state index < -0.39 is 5.95 Å². The number of aromatic nitrogens is 1. The van der Waals surface area contributed by atoms with Crippen LogP contribution in [0.3, 0.4) is 0 Å². The first-order valence-corrected chi connectivity index (χ1v) is 5.03. The first-order chi connectivity index (χ1) is 7.25. The summed E-state index contributed by atoms with van der Waals surface area (Å²) < 4.78 is 18.2. The highest BCUT2D eigenvalue weighted by atomic mass is 19.1. The molecule has 1 saturated heterocycles. The zero-order chi connectivity index (χ0) is 10.7. The van der Waals surface area contributed by atoms with E-state index in [1.165, 1.54) is 18.7 Å². The molecule has 1 aliphatic heterocycles. The summed E-state index contributed by atoms with van der Waals surface area (Å²) in [5.74, 6) is -0.135. The third-order valence-corrected chi connectivity index (χ3v) is 2.45. The van der Waals surface area contributed by atoms with Crippen molar-refractivity contribution in [3.05, 3.63) is 18.2 Å². The van der Waals surface area contributed by atoms with Crippen molar-refractivity contribution < 1.29 is 9.13 Å². The molecule has 0 radical (unpaired) electrons. The van der Waals surface area contributed by atoms with Crippen molar-refractivity contribution >= 4 is 5.69 Å². The zero-order valence-electron chi connectivity index (χ0n) is 8.37. The average Bonchev–Trinajstić information content (AvgIpc) is 2.73. The highest BCUT2D eigenvalue weighted by molar-refractivity contribution is 5.41. The maximum atomic E-state index is 12.7. The quantitative estimate of drug-likeness (QED) is 0.730. The Bertz CT molecular complexity index is 339. The monoisotopic (exact) mass is 211 g/mol. The van der Waals surface area contributed by atoms with Gasteiger partial charge >= 0.3 is 0 Å². The Morgan fingerprint density at radius 3 is 3.20 bits per heavy atom. The fourth-order valence-corrected chi connectivity index (χ4v) is 1.62. The lowest BCUT2D eigenvalue weighted by Crippen LogP contribution is -2.28. The van der Waals surface area contributed by atoms with Gasteiger partial charge in [0.25, 0.3) is 0 Å². The number of nitrogen functional groups attached to an aromatic ring is 1. The third-order valence-electron chi connectivity index (χ3n) is 2.45. The van der Waals surface area contributed by atoms with Gasteiger partial charge < -0.3 is 15.8 Å². The van der Waals surface area contributed by atoms with Crippen molar-refractivity contribution in [2.45, 2.75) is 18.9 Å². The largest absolute Gasteiger partial charge is 0.490 e. The minimum atomic E-state index is -0.652. The molecule has 0 aliphatic carbocycles. The molecule has 0 amide bonds. The van der Waals surface area contributed by atoms with Crippen LogP contribution in [0.25, 0.3) is 0 Å². The second-order valence-electron chi connectivity index (χ2n) is 3.66. The van der Waals surface area contributed by atoms with Crippen molar-refractivity contribution in [2.24, 2.45) is 0 Å². The van der Waals surface area contributed by atoms with Gasteiger partial charge in [0.2, 0.25) is 5.95 Å². The van der Waals surface area contributed by atoms with E-state index in [0.717, 1.165) is 13.0 Å². The van der Waals surface area contributed by atoms with E-state index >= 15 is 0 Å². The minimum Gasteiger partial charge on any atom is -0.490 e. The Balaban J connectivity index is 1.90. The van der Waals surface area contributed by atoms with Crippen LogP contribution >= 0.6 is 0 Å². The van der Waals surface area contributed by atoms with E-state index in [1.54, 1.807) is 0 Å². The second-order valence-corrected chi connectivity index (χ2v) is 3.66. The molecule has 3 N–H and O–H groups in total. The number of hydrogen-bond donors (Lipinski definition) is 2. The molecule has 15 heavy (non-hydrogen) atoms. The minimum absolute atomic E-state index is 0.0203. The lowest BCUT2D eigenvalue weighted by atomic mass is 10.2. The molecular formula is C10H14FN3O. The summed E-state index contributed by atoms with van der Waals surface area (Å²) in [5.41, 5.74) is 5.39. The molecule has 4 nitrogen and oxygen atoms in total. The zero-order valence-corrected chi connectivity index (χ0v) is 8.37. The first-order valence-electron chi connectivity index (χ1n) is 5.03. The van der Waals surface area contributed by atoms with Crippen molar-refractivity contribution in [3.63, 3.8) is 0 Å². The molecule has 1 aromatic rings. The van der Waals surface area contributed by atoms with Crippen LogP contribution in [0.5, 0.6) is 5.75 Å². The number of nitrogens with two attached hydrogens (primary N) is 1. The molecule has 0 aromatic carbocycles. The van der Waals surface area contributed by atoms with Gasteiger partial charge in [-0.3, -0.25) is 0 Å². The molecule has 0 bridgehead atoms. The molecule has 0 spiro atoms. The summed E-state index contributed by atoms with van der Waals surface area (Å²) in [6.45, 7) is 1.62. The molecule has 0 saturated carbocycles. The van der Waals surface area contributed by atoms with Crippen molar-refractivity contribution in [1.29, 1.82) is 0 Å². The maximum absolute atomic E-state index is 12.7.